The normalized spacial score (nSPS) is 11.9. The van der Waals surface area contributed by atoms with E-state index in [9.17, 15) is 14.7 Å². The number of amides is 2. The molecule has 0 aliphatic heterocycles. The van der Waals surface area contributed by atoms with E-state index in [1.54, 1.807) is 26.5 Å². The summed E-state index contributed by atoms with van der Waals surface area (Å²) >= 11 is 0. The van der Waals surface area contributed by atoms with E-state index in [0.717, 1.165) is 33.6 Å². The van der Waals surface area contributed by atoms with Crippen LogP contribution in [0.1, 0.15) is 63.8 Å². The van der Waals surface area contributed by atoms with Gasteiger partial charge in [0, 0.05) is 50.0 Å². The fourth-order valence-electron chi connectivity index (χ4n) is 6.55. The van der Waals surface area contributed by atoms with Crippen LogP contribution < -0.4 is 19.3 Å². The third-order valence-corrected chi connectivity index (χ3v) is 10.6. The van der Waals surface area contributed by atoms with E-state index in [1.165, 1.54) is 9.80 Å². The average molecular weight is 1110 g/mol. The Kier molecular flexibility index (Phi) is 31.3. The van der Waals surface area contributed by atoms with Crippen molar-refractivity contribution in [3.63, 3.8) is 0 Å². The van der Waals surface area contributed by atoms with Gasteiger partial charge >= 0.3 is 12.2 Å². The van der Waals surface area contributed by atoms with Crippen molar-refractivity contribution >= 4 is 47.9 Å². The van der Waals surface area contributed by atoms with Gasteiger partial charge in [-0.05, 0) is 100 Å². The number of pyridine rings is 2. The van der Waals surface area contributed by atoms with Gasteiger partial charge in [0.15, 0.2) is 0 Å². The van der Waals surface area contributed by atoms with Crippen molar-refractivity contribution in [3.05, 3.63) is 107 Å². The molecule has 2 amide bonds. The highest BCUT2D eigenvalue weighted by Gasteiger charge is 2.22. The summed E-state index contributed by atoms with van der Waals surface area (Å²) in [5.41, 5.74) is 4.15. The molecule has 4 aromatic rings. The number of ether oxygens (including phenoxy) is 13. The molecule has 0 aliphatic rings. The van der Waals surface area contributed by atoms with Crippen LogP contribution >= 0.6 is 0 Å². The largest absolute Gasteiger partial charge is 0.475 e. The van der Waals surface area contributed by atoms with Crippen LogP contribution in [0.5, 0.6) is 11.8 Å². The summed E-state index contributed by atoms with van der Waals surface area (Å²) in [5, 5.41) is 9.22. The Labute approximate surface area is 466 Å². The van der Waals surface area contributed by atoms with Gasteiger partial charge in [0.25, 0.3) is 0 Å². The molecule has 2 heterocycles. The van der Waals surface area contributed by atoms with Crippen molar-refractivity contribution < 1.29 is 76.3 Å². The fraction of sp³-hybridized carbons (Fsp3) is 0.525. The van der Waals surface area contributed by atoms with Gasteiger partial charge in [-0.15, -0.1) is 0 Å². The first-order valence-corrected chi connectivity index (χ1v) is 26.6. The number of rotatable bonds is 39. The number of carbonyl (C=O) groups is 2. The number of nitrogens with zero attached hydrogens (tertiary/aromatic N) is 4. The fourth-order valence-corrected chi connectivity index (χ4v) is 6.55. The van der Waals surface area contributed by atoms with Crippen LogP contribution in [0.2, 0.25) is 0 Å². The molecular weight excluding hydrogens is 1020 g/mol. The van der Waals surface area contributed by atoms with Crippen molar-refractivity contribution in [1.29, 1.82) is 0 Å². The summed E-state index contributed by atoms with van der Waals surface area (Å²) in [4.78, 5) is 36.4. The van der Waals surface area contributed by atoms with Crippen LogP contribution in [-0.2, 0) is 52.1 Å². The highest BCUT2D eigenvalue weighted by molar-refractivity contribution is 5.88. The number of anilines is 2. The molecule has 0 atom stereocenters. The predicted octanol–water partition coefficient (Wildman–Crippen LogP) is 8.53. The van der Waals surface area contributed by atoms with E-state index < -0.39 is 23.4 Å². The molecule has 4 rings (SSSR count). The van der Waals surface area contributed by atoms with Crippen molar-refractivity contribution in [2.45, 2.75) is 58.8 Å². The van der Waals surface area contributed by atoms with Crippen LogP contribution in [0, 0.1) is 0 Å². The zero-order chi connectivity index (χ0) is 57.0. The third-order valence-electron chi connectivity index (χ3n) is 10.6. The lowest BCUT2D eigenvalue weighted by Gasteiger charge is -2.24. The summed E-state index contributed by atoms with van der Waals surface area (Å²) in [6.07, 6.45) is 10.2. The second-order valence-electron chi connectivity index (χ2n) is 19.5. The van der Waals surface area contributed by atoms with Crippen molar-refractivity contribution in [2.75, 3.05) is 156 Å². The molecule has 0 aliphatic carbocycles. The second-order valence-corrected chi connectivity index (χ2v) is 19.5. The van der Waals surface area contributed by atoms with Crippen molar-refractivity contribution in [1.82, 2.24) is 9.97 Å². The predicted molar refractivity (Wildman–Crippen MR) is 303 cm³/mol. The first-order valence-electron chi connectivity index (χ1n) is 26.6. The Morgan fingerprint density at radius 2 is 0.747 bits per heavy atom. The van der Waals surface area contributed by atoms with Crippen LogP contribution in [-0.4, -0.2) is 191 Å². The monoisotopic (exact) mass is 1100 g/mol. The highest BCUT2D eigenvalue weighted by atomic mass is 16.6. The first-order chi connectivity index (χ1) is 38.1. The van der Waals surface area contributed by atoms with Crippen molar-refractivity contribution in [2.24, 2.45) is 0 Å². The Bertz CT molecular complexity index is 2150. The summed E-state index contributed by atoms with van der Waals surface area (Å²) in [7, 11) is 3.37. The molecule has 0 saturated carbocycles. The van der Waals surface area contributed by atoms with E-state index >= 15 is 0 Å². The van der Waals surface area contributed by atoms with E-state index in [4.69, 9.17) is 61.6 Å². The van der Waals surface area contributed by atoms with Gasteiger partial charge in [-0.2, -0.15) is 0 Å². The number of hydrogen-bond acceptors (Lipinski definition) is 18. The van der Waals surface area contributed by atoms with Gasteiger partial charge in [0.1, 0.15) is 30.5 Å². The standard InChI is InChI=1S/C59H84N4O16/c1-58(2,3)78-56(65)62(7)51-19-13-47(14-20-51)9-11-49-17-23-54(60-43-49)76-41-39-71-33-31-67-27-29-69-35-37-73-45-53(75-26-25-64)46-74-38-36-70-30-28-68-32-34-72-40-42-77-55-24-18-50(44-61-55)12-10-48-15-21-52(22-16-48)63(8)57(66)79-59(4,5)6/h9-24,43-44,53,64H,25-42,45-46H2,1-8H3/b11-9+,12-10+. The third kappa shape index (κ3) is 30.2. The number of aromatic nitrogens is 2. The number of aliphatic hydroxyl groups excluding tert-OH is 1. The SMILES string of the molecule is CN(C(=O)OC(C)(C)C)c1ccc(/C=C/c2ccc(OCCOCCOCCOCCOCC(COCCOCCOCCOCCOc3ccc(/C=C/c4ccc(N(C)C(=O)OC(C)(C)C)cc4)cn3)OCCO)nc2)cc1. The highest BCUT2D eigenvalue weighted by Crippen LogP contribution is 2.21. The number of benzene rings is 2. The molecule has 20 nitrogen and oxygen atoms in total. The molecule has 1 N–H and O–H groups in total. The van der Waals surface area contributed by atoms with Crippen LogP contribution in [0.15, 0.2) is 85.2 Å². The van der Waals surface area contributed by atoms with E-state index in [0.29, 0.717) is 117 Å². The molecular formula is C59H84N4O16. The average Bonchev–Trinajstić information content (AvgIpc) is 3.43. The lowest BCUT2D eigenvalue weighted by Crippen LogP contribution is -2.34. The van der Waals surface area contributed by atoms with Crippen LogP contribution in [0.3, 0.4) is 0 Å². The van der Waals surface area contributed by atoms with Gasteiger partial charge in [-0.1, -0.05) is 48.6 Å². The maximum atomic E-state index is 12.3. The summed E-state index contributed by atoms with van der Waals surface area (Å²) < 4.78 is 72.9. The molecule has 2 aromatic heterocycles. The molecule has 0 fully saturated rings. The topological polar surface area (TPSA) is 207 Å². The zero-order valence-electron chi connectivity index (χ0n) is 47.5. The van der Waals surface area contributed by atoms with Gasteiger partial charge < -0.3 is 66.7 Å². The van der Waals surface area contributed by atoms with E-state index in [2.05, 4.69) is 9.97 Å². The Hall–Kier alpha value is -6.04. The van der Waals surface area contributed by atoms with Crippen LogP contribution in [0.4, 0.5) is 21.0 Å². The van der Waals surface area contributed by atoms with Crippen LogP contribution in [0.25, 0.3) is 24.3 Å². The number of carbonyl (C=O) groups excluding carboxylic acids is 2. The minimum atomic E-state index is -0.561. The summed E-state index contributed by atoms with van der Waals surface area (Å²) in [6, 6.07) is 22.7. The first kappa shape index (κ1) is 65.5. The van der Waals surface area contributed by atoms with Gasteiger partial charge in [0.2, 0.25) is 11.8 Å². The van der Waals surface area contributed by atoms with E-state index in [-0.39, 0.29) is 32.5 Å². The quantitative estimate of drug-likeness (QED) is 0.0416. The summed E-state index contributed by atoms with van der Waals surface area (Å²) in [5.74, 6) is 1.01. The number of aliphatic hydroxyl groups is 1. The molecule has 0 unspecified atom stereocenters. The molecule has 0 saturated heterocycles. The molecule has 79 heavy (non-hydrogen) atoms. The molecule has 0 bridgehead atoms. The van der Waals surface area contributed by atoms with E-state index in [1.807, 2.05) is 139 Å². The Morgan fingerprint density at radius 1 is 0.443 bits per heavy atom. The smallest absolute Gasteiger partial charge is 0.414 e. The van der Waals surface area contributed by atoms with Gasteiger partial charge in [0.05, 0.1) is 119 Å². The van der Waals surface area contributed by atoms with Gasteiger partial charge in [-0.25, -0.2) is 19.6 Å². The minimum Gasteiger partial charge on any atom is -0.475 e. The lowest BCUT2D eigenvalue weighted by atomic mass is 10.1. The summed E-state index contributed by atoms with van der Waals surface area (Å²) in [6.45, 7) is 18.1. The van der Waals surface area contributed by atoms with Crippen molar-refractivity contribution in [3.8, 4) is 11.8 Å². The number of hydrogen-bond donors (Lipinski definition) is 1. The maximum Gasteiger partial charge on any atom is 0.414 e. The molecule has 0 spiro atoms. The Morgan fingerprint density at radius 3 is 1.05 bits per heavy atom. The lowest BCUT2D eigenvalue weighted by molar-refractivity contribution is -0.0811. The maximum absolute atomic E-state index is 12.3. The second kappa shape index (κ2) is 37.8. The molecule has 436 valence electrons. The zero-order valence-corrected chi connectivity index (χ0v) is 47.5. The minimum absolute atomic E-state index is 0.102. The Balaban J connectivity index is 0.894. The molecule has 0 radical (unpaired) electrons. The molecule has 2 aromatic carbocycles. The molecule has 20 heteroatoms. The van der Waals surface area contributed by atoms with Gasteiger partial charge in [-0.3, -0.25) is 9.80 Å².